The fourth-order valence-electron chi connectivity index (χ4n) is 2.32. The van der Waals surface area contributed by atoms with Crippen molar-refractivity contribution in [2.45, 2.75) is 18.2 Å². The number of rotatable bonds is 7. The molecule has 0 aliphatic heterocycles. The average molecular weight is 399 g/mol. The molecule has 2 N–H and O–H groups in total. The van der Waals surface area contributed by atoms with Gasteiger partial charge in [-0.2, -0.15) is 0 Å². The van der Waals surface area contributed by atoms with Crippen LogP contribution in [0.2, 0.25) is 0 Å². The Morgan fingerprint density at radius 1 is 1.07 bits per heavy atom. The van der Waals surface area contributed by atoms with E-state index in [1.807, 2.05) is 31.2 Å². The normalized spacial score (nSPS) is 10.4. The Balaban J connectivity index is 1.54. The first-order valence-corrected chi connectivity index (χ1v) is 10.0. The molecule has 1 aromatic heterocycles. The molecule has 2 aromatic carbocycles. The third-order valence-corrected chi connectivity index (χ3v) is 5.50. The SMILES string of the molecule is CC(=O)Nc1ccc(C(=O)CSc2nnc(Nc3cccc(C)c3)s2)cc1. The lowest BCUT2D eigenvalue weighted by molar-refractivity contribution is -0.114. The van der Waals surface area contributed by atoms with E-state index in [-0.39, 0.29) is 17.4 Å². The molecule has 138 valence electrons. The minimum Gasteiger partial charge on any atom is -0.330 e. The predicted molar refractivity (Wildman–Crippen MR) is 110 cm³/mol. The highest BCUT2D eigenvalue weighted by Crippen LogP contribution is 2.28. The van der Waals surface area contributed by atoms with Gasteiger partial charge in [-0.25, -0.2) is 0 Å². The molecule has 0 fully saturated rings. The zero-order valence-corrected chi connectivity index (χ0v) is 16.5. The fraction of sp³-hybridized carbons (Fsp3) is 0.158. The summed E-state index contributed by atoms with van der Waals surface area (Å²) < 4.78 is 0.730. The lowest BCUT2D eigenvalue weighted by Crippen LogP contribution is -2.06. The number of ketones is 1. The molecule has 0 saturated carbocycles. The summed E-state index contributed by atoms with van der Waals surface area (Å²) in [6, 6.07) is 14.9. The molecule has 27 heavy (non-hydrogen) atoms. The standard InChI is InChI=1S/C19H18N4O2S2/c1-12-4-3-5-16(10-12)21-18-22-23-19(27-18)26-11-17(25)14-6-8-15(9-7-14)20-13(2)24/h3-10H,11H2,1-2H3,(H,20,24)(H,21,22). The van der Waals surface area contributed by atoms with Gasteiger partial charge in [-0.05, 0) is 48.9 Å². The summed E-state index contributed by atoms with van der Waals surface area (Å²) >= 11 is 2.77. The van der Waals surface area contributed by atoms with Gasteiger partial charge in [0.1, 0.15) is 0 Å². The highest BCUT2D eigenvalue weighted by molar-refractivity contribution is 8.01. The second kappa shape index (κ2) is 8.79. The topological polar surface area (TPSA) is 84.0 Å². The zero-order chi connectivity index (χ0) is 19.2. The van der Waals surface area contributed by atoms with E-state index in [1.165, 1.54) is 30.0 Å². The maximum absolute atomic E-state index is 12.3. The Hall–Kier alpha value is -2.71. The summed E-state index contributed by atoms with van der Waals surface area (Å²) in [5.74, 6) is 0.132. The van der Waals surface area contributed by atoms with E-state index in [4.69, 9.17) is 0 Å². The summed E-state index contributed by atoms with van der Waals surface area (Å²) in [5, 5.41) is 14.8. The van der Waals surface area contributed by atoms with Crippen LogP contribution in [0.4, 0.5) is 16.5 Å². The van der Waals surface area contributed by atoms with E-state index in [0.29, 0.717) is 16.4 Å². The molecule has 1 heterocycles. The molecule has 3 rings (SSSR count). The number of nitrogens with zero attached hydrogens (tertiary/aromatic N) is 2. The maximum Gasteiger partial charge on any atom is 0.221 e. The minimum atomic E-state index is -0.143. The number of thioether (sulfide) groups is 1. The first-order chi connectivity index (χ1) is 13.0. The van der Waals surface area contributed by atoms with Crippen molar-refractivity contribution in [3.63, 3.8) is 0 Å². The van der Waals surface area contributed by atoms with Crippen molar-refractivity contribution in [2.75, 3.05) is 16.4 Å². The molecule has 0 aliphatic carbocycles. The van der Waals surface area contributed by atoms with Crippen molar-refractivity contribution in [2.24, 2.45) is 0 Å². The number of benzene rings is 2. The quantitative estimate of drug-likeness (QED) is 0.450. The number of carbonyl (C=O) groups excluding carboxylic acids is 2. The number of carbonyl (C=O) groups is 2. The molecule has 0 saturated heterocycles. The number of hydrogen-bond donors (Lipinski definition) is 2. The lowest BCUT2D eigenvalue weighted by atomic mass is 10.1. The van der Waals surface area contributed by atoms with Crippen LogP contribution in [0.15, 0.2) is 52.9 Å². The van der Waals surface area contributed by atoms with Gasteiger partial charge >= 0.3 is 0 Å². The van der Waals surface area contributed by atoms with Crippen molar-refractivity contribution in [1.29, 1.82) is 0 Å². The molecule has 0 bridgehead atoms. The molecule has 0 unspecified atom stereocenters. The first kappa shape index (κ1) is 19.1. The monoisotopic (exact) mass is 398 g/mol. The average Bonchev–Trinajstić information content (AvgIpc) is 3.07. The molecule has 0 aliphatic rings. The van der Waals surface area contributed by atoms with Gasteiger partial charge in [-0.15, -0.1) is 10.2 Å². The molecule has 0 spiro atoms. The Morgan fingerprint density at radius 2 is 1.85 bits per heavy atom. The number of Topliss-reactive ketones (excluding diaryl/α,β-unsaturated/α-hetero) is 1. The summed E-state index contributed by atoms with van der Waals surface area (Å²) in [6.07, 6.45) is 0. The highest BCUT2D eigenvalue weighted by atomic mass is 32.2. The van der Waals surface area contributed by atoms with Crippen molar-refractivity contribution in [1.82, 2.24) is 10.2 Å². The van der Waals surface area contributed by atoms with E-state index >= 15 is 0 Å². The van der Waals surface area contributed by atoms with Gasteiger partial charge in [0.2, 0.25) is 11.0 Å². The van der Waals surface area contributed by atoms with Crippen LogP contribution in [0, 0.1) is 6.92 Å². The third-order valence-electron chi connectivity index (χ3n) is 3.53. The Bertz CT molecular complexity index is 954. The van der Waals surface area contributed by atoms with Gasteiger partial charge in [-0.1, -0.05) is 35.2 Å². The van der Waals surface area contributed by atoms with Crippen LogP contribution < -0.4 is 10.6 Å². The lowest BCUT2D eigenvalue weighted by Gasteiger charge is -2.03. The van der Waals surface area contributed by atoms with E-state index in [1.54, 1.807) is 24.3 Å². The van der Waals surface area contributed by atoms with Crippen LogP contribution in [-0.2, 0) is 4.79 Å². The van der Waals surface area contributed by atoms with Crippen LogP contribution in [0.3, 0.4) is 0 Å². The van der Waals surface area contributed by atoms with Crippen LogP contribution in [-0.4, -0.2) is 27.6 Å². The van der Waals surface area contributed by atoms with E-state index < -0.39 is 0 Å². The Kier molecular flexibility index (Phi) is 6.20. The molecular formula is C19H18N4O2S2. The van der Waals surface area contributed by atoms with Gasteiger partial charge in [-0.3, -0.25) is 9.59 Å². The number of nitrogens with one attached hydrogen (secondary N) is 2. The molecule has 1 amide bonds. The van der Waals surface area contributed by atoms with E-state index in [9.17, 15) is 9.59 Å². The van der Waals surface area contributed by atoms with E-state index in [0.717, 1.165) is 15.6 Å². The van der Waals surface area contributed by atoms with Crippen molar-refractivity contribution in [3.8, 4) is 0 Å². The van der Waals surface area contributed by atoms with Crippen LogP contribution in [0.1, 0.15) is 22.8 Å². The minimum absolute atomic E-state index is 0.00207. The predicted octanol–water partition coefficient (Wildman–Crippen LogP) is 4.52. The maximum atomic E-state index is 12.3. The van der Waals surface area contributed by atoms with Crippen LogP contribution >= 0.6 is 23.1 Å². The molecule has 6 nitrogen and oxygen atoms in total. The summed E-state index contributed by atoms with van der Waals surface area (Å²) in [6.45, 7) is 3.47. The van der Waals surface area contributed by atoms with Crippen molar-refractivity contribution < 1.29 is 9.59 Å². The summed E-state index contributed by atoms with van der Waals surface area (Å²) in [4.78, 5) is 23.3. The molecule has 0 atom stereocenters. The van der Waals surface area contributed by atoms with Gasteiger partial charge in [0, 0.05) is 23.9 Å². The van der Waals surface area contributed by atoms with Crippen molar-refractivity contribution in [3.05, 3.63) is 59.7 Å². The largest absolute Gasteiger partial charge is 0.330 e. The second-order valence-electron chi connectivity index (χ2n) is 5.84. The van der Waals surface area contributed by atoms with Crippen LogP contribution in [0.25, 0.3) is 0 Å². The van der Waals surface area contributed by atoms with Gasteiger partial charge in [0.15, 0.2) is 10.1 Å². The molecule has 8 heteroatoms. The van der Waals surface area contributed by atoms with Gasteiger partial charge < -0.3 is 10.6 Å². The van der Waals surface area contributed by atoms with Gasteiger partial charge in [0.25, 0.3) is 0 Å². The third kappa shape index (κ3) is 5.63. The Morgan fingerprint density at radius 3 is 2.56 bits per heavy atom. The zero-order valence-electron chi connectivity index (χ0n) is 14.9. The number of hydrogen-bond acceptors (Lipinski definition) is 7. The number of aromatic nitrogens is 2. The fourth-order valence-corrected chi connectivity index (χ4v) is 3.98. The molecule has 0 radical (unpaired) electrons. The number of anilines is 3. The first-order valence-electron chi connectivity index (χ1n) is 8.20. The summed E-state index contributed by atoms with van der Waals surface area (Å²) in [7, 11) is 0. The number of amides is 1. The number of aryl methyl sites for hydroxylation is 1. The van der Waals surface area contributed by atoms with Gasteiger partial charge in [0.05, 0.1) is 5.75 Å². The van der Waals surface area contributed by atoms with E-state index in [2.05, 4.69) is 20.8 Å². The van der Waals surface area contributed by atoms with Crippen LogP contribution in [0.5, 0.6) is 0 Å². The molecule has 3 aromatic rings. The second-order valence-corrected chi connectivity index (χ2v) is 8.04. The molecular weight excluding hydrogens is 380 g/mol. The Labute approximate surface area is 165 Å². The summed E-state index contributed by atoms with van der Waals surface area (Å²) in [5.41, 5.74) is 3.38. The highest BCUT2D eigenvalue weighted by Gasteiger charge is 2.11. The van der Waals surface area contributed by atoms with Crippen molar-refractivity contribution >= 4 is 51.3 Å². The smallest absolute Gasteiger partial charge is 0.221 e.